The van der Waals surface area contributed by atoms with Gasteiger partial charge in [-0.25, -0.2) is 4.98 Å². The van der Waals surface area contributed by atoms with Crippen LogP contribution in [-0.4, -0.2) is 37.2 Å². The SMILES string of the molecule is Cc1cc(NCCC(=O)O)n2ncnc2n1. The summed E-state index contributed by atoms with van der Waals surface area (Å²) in [6.07, 6.45) is 1.46. The summed E-state index contributed by atoms with van der Waals surface area (Å²) in [6.45, 7) is 2.19. The Morgan fingerprint density at radius 3 is 3.19 bits per heavy atom. The van der Waals surface area contributed by atoms with Crippen molar-refractivity contribution in [2.45, 2.75) is 13.3 Å². The van der Waals surface area contributed by atoms with Gasteiger partial charge in [-0.3, -0.25) is 4.79 Å². The van der Waals surface area contributed by atoms with Gasteiger partial charge in [-0.1, -0.05) is 0 Å². The standard InChI is InChI=1S/C9H11N5O2/c1-6-4-7(10-3-2-8(15)16)14-9(13-6)11-5-12-14/h4-5,10H,2-3H2,1H3,(H,15,16). The fourth-order valence-electron chi connectivity index (χ4n) is 1.35. The highest BCUT2D eigenvalue weighted by atomic mass is 16.4. The molecule has 0 saturated carbocycles. The predicted molar refractivity (Wildman–Crippen MR) is 56.3 cm³/mol. The highest BCUT2D eigenvalue weighted by Crippen LogP contribution is 2.09. The van der Waals surface area contributed by atoms with E-state index in [2.05, 4.69) is 20.4 Å². The van der Waals surface area contributed by atoms with Crippen molar-refractivity contribution < 1.29 is 9.90 Å². The maximum atomic E-state index is 10.4. The minimum absolute atomic E-state index is 0.0531. The van der Waals surface area contributed by atoms with Crippen LogP contribution in [0.15, 0.2) is 12.4 Å². The molecule has 2 aromatic heterocycles. The van der Waals surface area contributed by atoms with E-state index in [9.17, 15) is 4.79 Å². The molecule has 2 rings (SSSR count). The van der Waals surface area contributed by atoms with Crippen molar-refractivity contribution in [3.05, 3.63) is 18.1 Å². The van der Waals surface area contributed by atoms with Crippen molar-refractivity contribution >= 4 is 17.6 Å². The molecular weight excluding hydrogens is 210 g/mol. The number of carboxylic acid groups (broad SMARTS) is 1. The number of anilines is 1. The van der Waals surface area contributed by atoms with Crippen LogP contribution in [0.3, 0.4) is 0 Å². The number of hydrogen-bond acceptors (Lipinski definition) is 5. The molecule has 7 nitrogen and oxygen atoms in total. The summed E-state index contributed by atoms with van der Waals surface area (Å²) in [6, 6.07) is 1.80. The van der Waals surface area contributed by atoms with Gasteiger partial charge in [-0.15, -0.1) is 0 Å². The summed E-state index contributed by atoms with van der Waals surface area (Å²) < 4.78 is 1.54. The van der Waals surface area contributed by atoms with Crippen molar-refractivity contribution in [1.29, 1.82) is 0 Å². The number of rotatable bonds is 4. The van der Waals surface area contributed by atoms with E-state index in [-0.39, 0.29) is 6.42 Å². The molecule has 0 aliphatic rings. The number of nitrogens with zero attached hydrogens (tertiary/aromatic N) is 4. The van der Waals surface area contributed by atoms with Gasteiger partial charge in [0.25, 0.3) is 5.78 Å². The molecule has 2 N–H and O–H groups in total. The molecule has 0 bridgehead atoms. The average molecular weight is 221 g/mol. The maximum Gasteiger partial charge on any atom is 0.305 e. The van der Waals surface area contributed by atoms with E-state index in [4.69, 9.17) is 5.11 Å². The monoisotopic (exact) mass is 221 g/mol. The number of hydrogen-bond donors (Lipinski definition) is 2. The number of fused-ring (bicyclic) bond motifs is 1. The molecule has 0 amide bonds. The largest absolute Gasteiger partial charge is 0.481 e. The number of carbonyl (C=O) groups is 1. The van der Waals surface area contributed by atoms with E-state index in [0.29, 0.717) is 18.1 Å². The Kier molecular flexibility index (Phi) is 2.67. The lowest BCUT2D eigenvalue weighted by Crippen LogP contribution is -2.11. The highest BCUT2D eigenvalue weighted by Gasteiger charge is 2.05. The summed E-state index contributed by atoms with van der Waals surface area (Å²) in [4.78, 5) is 18.5. The number of aryl methyl sites for hydroxylation is 1. The second-order valence-corrected chi connectivity index (χ2v) is 3.33. The van der Waals surface area contributed by atoms with Crippen LogP contribution in [0.5, 0.6) is 0 Å². The Bertz CT molecular complexity index is 522. The van der Waals surface area contributed by atoms with Gasteiger partial charge in [-0.05, 0) is 6.92 Å². The van der Waals surface area contributed by atoms with Gasteiger partial charge >= 0.3 is 5.97 Å². The molecule has 0 aliphatic carbocycles. The van der Waals surface area contributed by atoms with Crippen molar-refractivity contribution in [2.75, 3.05) is 11.9 Å². The Hall–Kier alpha value is -2.18. The second-order valence-electron chi connectivity index (χ2n) is 3.33. The van der Waals surface area contributed by atoms with Gasteiger partial charge in [0.15, 0.2) is 0 Å². The Morgan fingerprint density at radius 1 is 1.62 bits per heavy atom. The van der Waals surface area contributed by atoms with Gasteiger partial charge in [0.1, 0.15) is 12.1 Å². The lowest BCUT2D eigenvalue weighted by Gasteiger charge is -2.06. The minimum atomic E-state index is -0.840. The maximum absolute atomic E-state index is 10.4. The van der Waals surface area contributed by atoms with Crippen molar-refractivity contribution in [2.24, 2.45) is 0 Å². The van der Waals surface area contributed by atoms with Crippen molar-refractivity contribution in [3.8, 4) is 0 Å². The quantitative estimate of drug-likeness (QED) is 0.772. The fraction of sp³-hybridized carbons (Fsp3) is 0.333. The molecule has 7 heteroatoms. The van der Waals surface area contributed by atoms with Gasteiger partial charge in [0.05, 0.1) is 6.42 Å². The number of carboxylic acids is 1. The predicted octanol–water partition coefficient (Wildman–Crippen LogP) is 0.319. The summed E-state index contributed by atoms with van der Waals surface area (Å²) in [5.74, 6) is 0.354. The third-order valence-corrected chi connectivity index (χ3v) is 2.02. The molecular formula is C9H11N5O2. The lowest BCUT2D eigenvalue weighted by atomic mass is 10.4. The fourth-order valence-corrected chi connectivity index (χ4v) is 1.35. The molecule has 2 aromatic rings. The third-order valence-electron chi connectivity index (χ3n) is 2.02. The third kappa shape index (κ3) is 2.08. The molecule has 16 heavy (non-hydrogen) atoms. The molecule has 0 atom stereocenters. The molecule has 84 valence electrons. The Balaban J connectivity index is 2.22. The number of nitrogens with one attached hydrogen (secondary N) is 1. The first kappa shape index (κ1) is 10.3. The Morgan fingerprint density at radius 2 is 2.44 bits per heavy atom. The molecule has 0 saturated heterocycles. The summed E-state index contributed by atoms with van der Waals surface area (Å²) >= 11 is 0. The van der Waals surface area contributed by atoms with Gasteiger partial charge in [0.2, 0.25) is 0 Å². The summed E-state index contributed by atoms with van der Waals surface area (Å²) in [5, 5.41) is 15.5. The first-order valence-electron chi connectivity index (χ1n) is 4.80. The zero-order valence-electron chi connectivity index (χ0n) is 8.71. The van der Waals surface area contributed by atoms with Crippen LogP contribution in [-0.2, 0) is 4.79 Å². The van der Waals surface area contributed by atoms with Crippen LogP contribution >= 0.6 is 0 Å². The molecule has 0 radical (unpaired) electrons. The van der Waals surface area contributed by atoms with E-state index < -0.39 is 5.97 Å². The number of aliphatic carboxylic acids is 1. The van der Waals surface area contributed by atoms with Gasteiger partial charge in [0, 0.05) is 18.3 Å². The van der Waals surface area contributed by atoms with E-state index in [0.717, 1.165) is 5.69 Å². The molecule has 0 aromatic carbocycles. The summed E-state index contributed by atoms with van der Waals surface area (Å²) in [7, 11) is 0. The smallest absolute Gasteiger partial charge is 0.305 e. The average Bonchev–Trinajstić information content (AvgIpc) is 2.64. The lowest BCUT2D eigenvalue weighted by molar-refractivity contribution is -0.136. The normalized spacial score (nSPS) is 10.6. The first-order valence-corrected chi connectivity index (χ1v) is 4.80. The van der Waals surface area contributed by atoms with E-state index in [1.165, 1.54) is 10.8 Å². The van der Waals surface area contributed by atoms with Crippen molar-refractivity contribution in [1.82, 2.24) is 19.6 Å². The van der Waals surface area contributed by atoms with Crippen molar-refractivity contribution in [3.63, 3.8) is 0 Å². The zero-order valence-corrected chi connectivity index (χ0v) is 8.71. The highest BCUT2D eigenvalue weighted by molar-refractivity contribution is 5.67. The molecule has 2 heterocycles. The van der Waals surface area contributed by atoms with Gasteiger partial charge < -0.3 is 10.4 Å². The van der Waals surface area contributed by atoms with Crippen LogP contribution in [0, 0.1) is 6.92 Å². The first-order chi connectivity index (χ1) is 7.66. The molecule has 0 aliphatic heterocycles. The molecule has 0 fully saturated rings. The zero-order chi connectivity index (χ0) is 11.5. The van der Waals surface area contributed by atoms with Crippen LogP contribution in [0.2, 0.25) is 0 Å². The minimum Gasteiger partial charge on any atom is -0.481 e. The topological polar surface area (TPSA) is 92.4 Å². The summed E-state index contributed by atoms with van der Waals surface area (Å²) in [5.41, 5.74) is 0.804. The molecule has 0 unspecified atom stereocenters. The van der Waals surface area contributed by atoms with E-state index in [1.54, 1.807) is 6.07 Å². The van der Waals surface area contributed by atoms with E-state index in [1.807, 2.05) is 6.92 Å². The Labute approximate surface area is 91.1 Å². The van der Waals surface area contributed by atoms with Crippen LogP contribution in [0.25, 0.3) is 5.78 Å². The van der Waals surface area contributed by atoms with E-state index >= 15 is 0 Å². The number of aromatic nitrogens is 4. The van der Waals surface area contributed by atoms with Crippen LogP contribution < -0.4 is 5.32 Å². The second kappa shape index (κ2) is 4.13. The van der Waals surface area contributed by atoms with Crippen LogP contribution in [0.1, 0.15) is 12.1 Å². The van der Waals surface area contributed by atoms with Gasteiger partial charge in [-0.2, -0.15) is 14.6 Å². The molecule has 0 spiro atoms. The van der Waals surface area contributed by atoms with Crippen LogP contribution in [0.4, 0.5) is 5.82 Å².